The van der Waals surface area contributed by atoms with Gasteiger partial charge in [-0.05, 0) is 24.3 Å². The maximum atomic E-state index is 12.3. The Morgan fingerprint density at radius 2 is 1.90 bits per heavy atom. The van der Waals surface area contributed by atoms with E-state index in [9.17, 15) is 17.2 Å². The van der Waals surface area contributed by atoms with Crippen molar-refractivity contribution in [2.75, 3.05) is 10.5 Å². The number of anilines is 2. The summed E-state index contributed by atoms with van der Waals surface area (Å²) in [6.07, 6.45) is 1.26. The first-order chi connectivity index (χ1) is 9.90. The summed E-state index contributed by atoms with van der Waals surface area (Å²) in [5, 5.41) is -0.392. The molecule has 0 saturated carbocycles. The molecular formula is C12H11F2N3O3S. The Kier molecular flexibility index (Phi) is 4.22. The fourth-order valence-electron chi connectivity index (χ4n) is 1.57. The zero-order chi connectivity index (χ0) is 15.5. The van der Waals surface area contributed by atoms with E-state index in [1.165, 1.54) is 42.6 Å². The number of hydrogen-bond donors (Lipinski definition) is 2. The van der Waals surface area contributed by atoms with Crippen LogP contribution in [0.5, 0.6) is 5.75 Å². The van der Waals surface area contributed by atoms with Crippen molar-refractivity contribution in [3.63, 3.8) is 0 Å². The van der Waals surface area contributed by atoms with Gasteiger partial charge in [0.15, 0.2) is 5.03 Å². The second-order valence-electron chi connectivity index (χ2n) is 3.88. The molecule has 0 spiro atoms. The largest absolute Gasteiger partial charge is 0.433 e. The summed E-state index contributed by atoms with van der Waals surface area (Å²) in [6.45, 7) is -3.07. The predicted octanol–water partition coefficient (Wildman–Crippen LogP) is 2.07. The molecular weight excluding hydrogens is 304 g/mol. The van der Waals surface area contributed by atoms with Gasteiger partial charge < -0.3 is 10.5 Å². The SMILES string of the molecule is Nc1cccnc1S(=O)(=O)Nc1ccccc1OC(F)F. The number of ether oxygens (including phenoxy) is 1. The van der Waals surface area contributed by atoms with Crippen LogP contribution in [0.15, 0.2) is 47.6 Å². The highest BCUT2D eigenvalue weighted by Gasteiger charge is 2.21. The van der Waals surface area contributed by atoms with Crippen LogP contribution in [0.4, 0.5) is 20.2 Å². The minimum atomic E-state index is -4.11. The van der Waals surface area contributed by atoms with Crippen molar-refractivity contribution in [2.45, 2.75) is 11.6 Å². The third kappa shape index (κ3) is 3.57. The van der Waals surface area contributed by atoms with Gasteiger partial charge in [-0.15, -0.1) is 0 Å². The summed E-state index contributed by atoms with van der Waals surface area (Å²) < 4.78 is 55.3. The minimum absolute atomic E-state index is 0.0581. The van der Waals surface area contributed by atoms with E-state index in [2.05, 4.69) is 14.4 Å². The van der Waals surface area contributed by atoms with E-state index >= 15 is 0 Å². The number of nitrogens with two attached hydrogens (primary N) is 1. The van der Waals surface area contributed by atoms with Crippen molar-refractivity contribution in [3.8, 4) is 5.75 Å². The highest BCUT2D eigenvalue weighted by Crippen LogP contribution is 2.28. The van der Waals surface area contributed by atoms with Gasteiger partial charge in [0.2, 0.25) is 0 Å². The van der Waals surface area contributed by atoms with Gasteiger partial charge in [0.25, 0.3) is 10.0 Å². The fourth-order valence-corrected chi connectivity index (χ4v) is 2.70. The third-order valence-corrected chi connectivity index (χ3v) is 3.74. The van der Waals surface area contributed by atoms with E-state index < -0.39 is 21.7 Å². The Morgan fingerprint density at radius 3 is 2.57 bits per heavy atom. The molecule has 2 rings (SSSR count). The van der Waals surface area contributed by atoms with Gasteiger partial charge in [0, 0.05) is 6.20 Å². The Hall–Kier alpha value is -2.42. The number of rotatable bonds is 5. The predicted molar refractivity (Wildman–Crippen MR) is 72.5 cm³/mol. The van der Waals surface area contributed by atoms with Gasteiger partial charge in [0.1, 0.15) is 5.75 Å². The van der Waals surface area contributed by atoms with E-state index in [4.69, 9.17) is 5.73 Å². The van der Waals surface area contributed by atoms with Crippen LogP contribution in [-0.2, 0) is 10.0 Å². The van der Waals surface area contributed by atoms with E-state index in [0.717, 1.165) is 0 Å². The molecule has 2 aromatic rings. The lowest BCUT2D eigenvalue weighted by Gasteiger charge is -2.13. The van der Waals surface area contributed by atoms with E-state index in [1.54, 1.807) is 0 Å². The molecule has 6 nitrogen and oxygen atoms in total. The van der Waals surface area contributed by atoms with Gasteiger partial charge in [-0.2, -0.15) is 17.2 Å². The Balaban J connectivity index is 2.36. The van der Waals surface area contributed by atoms with Crippen LogP contribution in [0.2, 0.25) is 0 Å². The molecule has 0 bridgehead atoms. The molecule has 1 aromatic carbocycles. The first-order valence-corrected chi connectivity index (χ1v) is 7.15. The highest BCUT2D eigenvalue weighted by atomic mass is 32.2. The first kappa shape index (κ1) is 15.0. The number of aromatic nitrogens is 1. The van der Waals surface area contributed by atoms with E-state index in [1.807, 2.05) is 0 Å². The molecule has 0 aliphatic heterocycles. The maximum Gasteiger partial charge on any atom is 0.387 e. The second-order valence-corrected chi connectivity index (χ2v) is 5.48. The van der Waals surface area contributed by atoms with Gasteiger partial charge in [-0.1, -0.05) is 12.1 Å². The maximum absolute atomic E-state index is 12.3. The van der Waals surface area contributed by atoms with Crippen molar-refractivity contribution in [1.82, 2.24) is 4.98 Å². The molecule has 0 unspecified atom stereocenters. The van der Waals surface area contributed by atoms with Crippen LogP contribution in [-0.4, -0.2) is 20.0 Å². The van der Waals surface area contributed by atoms with Crippen LogP contribution in [0.3, 0.4) is 0 Å². The van der Waals surface area contributed by atoms with Gasteiger partial charge in [0.05, 0.1) is 11.4 Å². The smallest absolute Gasteiger partial charge is 0.387 e. The molecule has 0 saturated heterocycles. The Bertz CT molecular complexity index is 738. The number of nitrogen functional groups attached to an aromatic ring is 1. The van der Waals surface area contributed by atoms with Crippen molar-refractivity contribution < 1.29 is 21.9 Å². The summed E-state index contributed by atoms with van der Waals surface area (Å²) >= 11 is 0. The lowest BCUT2D eigenvalue weighted by molar-refractivity contribution is -0.0493. The van der Waals surface area contributed by atoms with Crippen LogP contribution >= 0.6 is 0 Å². The van der Waals surface area contributed by atoms with E-state index in [0.29, 0.717) is 0 Å². The van der Waals surface area contributed by atoms with Crippen LogP contribution in [0.1, 0.15) is 0 Å². The molecule has 0 fully saturated rings. The molecule has 21 heavy (non-hydrogen) atoms. The number of halogens is 2. The molecule has 112 valence electrons. The zero-order valence-electron chi connectivity index (χ0n) is 10.5. The average Bonchev–Trinajstić information content (AvgIpc) is 2.40. The van der Waals surface area contributed by atoms with Crippen molar-refractivity contribution >= 4 is 21.4 Å². The number of alkyl halides is 2. The lowest BCUT2D eigenvalue weighted by Crippen LogP contribution is -2.17. The van der Waals surface area contributed by atoms with Crippen LogP contribution in [0.25, 0.3) is 0 Å². The summed E-state index contributed by atoms with van der Waals surface area (Å²) in [5.74, 6) is -0.300. The molecule has 0 aliphatic rings. The molecule has 0 atom stereocenters. The molecule has 1 heterocycles. The average molecular weight is 315 g/mol. The Morgan fingerprint density at radius 1 is 1.19 bits per heavy atom. The minimum Gasteiger partial charge on any atom is -0.433 e. The number of nitrogens with zero attached hydrogens (tertiary/aromatic N) is 1. The number of hydrogen-bond acceptors (Lipinski definition) is 5. The van der Waals surface area contributed by atoms with Crippen molar-refractivity contribution in [1.29, 1.82) is 0 Å². The van der Waals surface area contributed by atoms with Crippen molar-refractivity contribution in [2.24, 2.45) is 0 Å². The van der Waals surface area contributed by atoms with Gasteiger partial charge in [-0.3, -0.25) is 4.72 Å². The summed E-state index contributed by atoms with van der Waals surface area (Å²) in [4.78, 5) is 3.67. The van der Waals surface area contributed by atoms with Gasteiger partial charge >= 0.3 is 6.61 Å². The zero-order valence-corrected chi connectivity index (χ0v) is 11.3. The molecule has 1 aromatic heterocycles. The standard InChI is InChI=1S/C12H11F2N3O3S/c13-12(14)20-10-6-2-1-5-9(10)17-21(18,19)11-8(15)4-3-7-16-11/h1-7,12,17H,15H2. The fraction of sp³-hybridized carbons (Fsp3) is 0.0833. The highest BCUT2D eigenvalue weighted by molar-refractivity contribution is 7.92. The molecule has 0 aliphatic carbocycles. The normalized spacial score (nSPS) is 11.4. The third-order valence-electron chi connectivity index (χ3n) is 2.40. The van der Waals surface area contributed by atoms with Gasteiger partial charge in [-0.25, -0.2) is 4.98 Å². The molecule has 3 N–H and O–H groups in total. The van der Waals surface area contributed by atoms with E-state index in [-0.39, 0.29) is 17.1 Å². The Labute approximate surface area is 119 Å². The molecule has 0 radical (unpaired) electrons. The number of nitrogens with one attached hydrogen (secondary N) is 1. The number of sulfonamides is 1. The summed E-state index contributed by atoms with van der Waals surface area (Å²) in [5.41, 5.74) is 5.35. The molecule has 0 amide bonds. The quantitative estimate of drug-likeness (QED) is 0.881. The molecule has 9 heteroatoms. The monoisotopic (exact) mass is 315 g/mol. The summed E-state index contributed by atoms with van der Waals surface area (Å²) in [6, 6.07) is 8.24. The lowest BCUT2D eigenvalue weighted by atomic mass is 10.3. The van der Waals surface area contributed by atoms with Crippen molar-refractivity contribution in [3.05, 3.63) is 42.6 Å². The first-order valence-electron chi connectivity index (χ1n) is 5.67. The van der Waals surface area contributed by atoms with Crippen LogP contribution in [0, 0.1) is 0 Å². The van der Waals surface area contributed by atoms with Crippen LogP contribution < -0.4 is 15.2 Å². The number of benzene rings is 1. The summed E-state index contributed by atoms with van der Waals surface area (Å²) in [7, 11) is -4.11. The second kappa shape index (κ2) is 5.92. The number of pyridine rings is 1. The topological polar surface area (TPSA) is 94.3 Å². The number of para-hydroxylation sites is 2.